The van der Waals surface area contributed by atoms with Crippen molar-refractivity contribution in [1.82, 2.24) is 20.1 Å². The van der Waals surface area contributed by atoms with Crippen LogP contribution in [0.2, 0.25) is 0 Å². The lowest BCUT2D eigenvalue weighted by Gasteiger charge is -2.18. The predicted octanol–water partition coefficient (Wildman–Crippen LogP) is 3.08. The van der Waals surface area contributed by atoms with Crippen LogP contribution in [-0.4, -0.2) is 44.3 Å². The van der Waals surface area contributed by atoms with E-state index >= 15 is 0 Å². The molecule has 1 aromatic heterocycles. The van der Waals surface area contributed by atoms with Gasteiger partial charge in [0.15, 0.2) is 0 Å². The number of thioether (sulfide) groups is 1. The number of amides is 1. The second-order valence-electron chi connectivity index (χ2n) is 5.54. The van der Waals surface area contributed by atoms with Gasteiger partial charge in [-0.1, -0.05) is 48.2 Å². The largest absolute Gasteiger partial charge is 0.342 e. The summed E-state index contributed by atoms with van der Waals surface area (Å²) in [4.78, 5) is 18.6. The SMILES string of the molecule is CC(Sc1n[nH]c(/C=C/c2ccccc2)n1)C(=O)N1CCCC1. The zero-order valence-electron chi connectivity index (χ0n) is 13.1. The Balaban J connectivity index is 1.58. The van der Waals surface area contributed by atoms with Crippen molar-refractivity contribution < 1.29 is 4.79 Å². The van der Waals surface area contributed by atoms with Crippen molar-refractivity contribution >= 4 is 29.8 Å². The Morgan fingerprint density at radius 1 is 1.26 bits per heavy atom. The zero-order chi connectivity index (χ0) is 16.1. The quantitative estimate of drug-likeness (QED) is 0.857. The van der Waals surface area contributed by atoms with E-state index in [4.69, 9.17) is 0 Å². The summed E-state index contributed by atoms with van der Waals surface area (Å²) in [7, 11) is 0. The minimum absolute atomic E-state index is 0.158. The summed E-state index contributed by atoms with van der Waals surface area (Å²) in [6.45, 7) is 3.67. The number of nitrogens with zero attached hydrogens (tertiary/aromatic N) is 3. The van der Waals surface area contributed by atoms with Crippen LogP contribution in [-0.2, 0) is 4.79 Å². The molecule has 1 saturated heterocycles. The van der Waals surface area contributed by atoms with E-state index in [1.165, 1.54) is 11.8 Å². The van der Waals surface area contributed by atoms with Crippen LogP contribution in [0, 0.1) is 0 Å². The maximum absolute atomic E-state index is 12.3. The first-order valence-corrected chi connectivity index (χ1v) is 8.71. The first kappa shape index (κ1) is 15.8. The molecule has 0 spiro atoms. The maximum atomic E-state index is 12.3. The molecule has 1 atom stereocenters. The number of H-pyrrole nitrogens is 1. The minimum atomic E-state index is -0.158. The van der Waals surface area contributed by atoms with E-state index in [0.29, 0.717) is 11.0 Å². The molecular weight excluding hydrogens is 308 g/mol. The maximum Gasteiger partial charge on any atom is 0.235 e. The van der Waals surface area contributed by atoms with Gasteiger partial charge in [0.2, 0.25) is 11.1 Å². The van der Waals surface area contributed by atoms with Crippen molar-refractivity contribution in [3.63, 3.8) is 0 Å². The van der Waals surface area contributed by atoms with E-state index in [-0.39, 0.29) is 11.2 Å². The molecule has 2 heterocycles. The van der Waals surface area contributed by atoms with Crippen molar-refractivity contribution in [3.8, 4) is 0 Å². The summed E-state index contributed by atoms with van der Waals surface area (Å²) < 4.78 is 0. The molecule has 1 unspecified atom stereocenters. The molecule has 1 aliphatic heterocycles. The van der Waals surface area contributed by atoms with Gasteiger partial charge in [-0.2, -0.15) is 0 Å². The van der Waals surface area contributed by atoms with Gasteiger partial charge in [0.25, 0.3) is 0 Å². The number of aromatic amines is 1. The second kappa shape index (κ2) is 7.46. The Kier molecular flexibility index (Phi) is 5.12. The van der Waals surface area contributed by atoms with Gasteiger partial charge in [-0.05, 0) is 31.4 Å². The molecule has 3 rings (SSSR count). The lowest BCUT2D eigenvalue weighted by Crippen LogP contribution is -2.34. The van der Waals surface area contributed by atoms with Gasteiger partial charge >= 0.3 is 0 Å². The summed E-state index contributed by atoms with van der Waals surface area (Å²) in [5.74, 6) is 0.871. The topological polar surface area (TPSA) is 61.9 Å². The smallest absolute Gasteiger partial charge is 0.235 e. The highest BCUT2D eigenvalue weighted by Gasteiger charge is 2.24. The van der Waals surface area contributed by atoms with Crippen molar-refractivity contribution in [1.29, 1.82) is 0 Å². The molecule has 120 valence electrons. The van der Waals surface area contributed by atoms with E-state index in [9.17, 15) is 4.79 Å². The zero-order valence-corrected chi connectivity index (χ0v) is 13.9. The van der Waals surface area contributed by atoms with E-state index < -0.39 is 0 Å². The number of carbonyl (C=O) groups excluding carboxylic acids is 1. The second-order valence-corrected chi connectivity index (χ2v) is 6.85. The molecule has 1 aliphatic rings. The predicted molar refractivity (Wildman–Crippen MR) is 92.9 cm³/mol. The Hall–Kier alpha value is -2.08. The van der Waals surface area contributed by atoms with Crippen LogP contribution < -0.4 is 0 Å². The molecule has 6 heteroatoms. The molecule has 5 nitrogen and oxygen atoms in total. The van der Waals surface area contributed by atoms with Gasteiger partial charge in [-0.15, -0.1) is 5.10 Å². The molecule has 1 N–H and O–H groups in total. The van der Waals surface area contributed by atoms with Crippen molar-refractivity contribution in [2.24, 2.45) is 0 Å². The number of benzene rings is 1. The molecule has 0 aliphatic carbocycles. The van der Waals surface area contributed by atoms with Gasteiger partial charge in [-0.3, -0.25) is 9.89 Å². The lowest BCUT2D eigenvalue weighted by atomic mass is 10.2. The van der Waals surface area contributed by atoms with Gasteiger partial charge in [-0.25, -0.2) is 4.98 Å². The summed E-state index contributed by atoms with van der Waals surface area (Å²) in [6.07, 6.45) is 6.09. The van der Waals surface area contributed by atoms with Crippen molar-refractivity contribution in [2.75, 3.05) is 13.1 Å². The van der Waals surface area contributed by atoms with Crippen LogP contribution >= 0.6 is 11.8 Å². The van der Waals surface area contributed by atoms with E-state index in [2.05, 4.69) is 15.2 Å². The Morgan fingerprint density at radius 2 is 2.00 bits per heavy atom. The summed E-state index contributed by atoms with van der Waals surface area (Å²) in [5, 5.41) is 7.53. The van der Waals surface area contributed by atoms with Gasteiger partial charge < -0.3 is 4.90 Å². The number of nitrogens with one attached hydrogen (secondary N) is 1. The highest BCUT2D eigenvalue weighted by molar-refractivity contribution is 8.00. The van der Waals surface area contributed by atoms with Crippen LogP contribution in [0.25, 0.3) is 12.2 Å². The Labute approximate surface area is 140 Å². The van der Waals surface area contributed by atoms with E-state index in [0.717, 1.165) is 31.5 Å². The molecule has 1 aromatic carbocycles. The summed E-state index contributed by atoms with van der Waals surface area (Å²) >= 11 is 1.40. The van der Waals surface area contributed by atoms with Crippen molar-refractivity contribution in [2.45, 2.75) is 30.2 Å². The summed E-state index contributed by atoms with van der Waals surface area (Å²) in [5.41, 5.74) is 1.11. The van der Waals surface area contributed by atoms with Crippen LogP contribution in [0.4, 0.5) is 0 Å². The Bertz CT molecular complexity index is 677. The molecular formula is C17H20N4OS. The fourth-order valence-corrected chi connectivity index (χ4v) is 3.34. The Morgan fingerprint density at radius 3 is 2.74 bits per heavy atom. The van der Waals surface area contributed by atoms with Crippen LogP contribution in [0.3, 0.4) is 0 Å². The normalized spacial score (nSPS) is 16.1. The number of rotatable bonds is 5. The third-order valence-electron chi connectivity index (χ3n) is 3.76. The molecule has 0 radical (unpaired) electrons. The number of carbonyl (C=O) groups is 1. The van der Waals surface area contributed by atoms with Crippen LogP contribution in [0.1, 0.15) is 31.2 Å². The average Bonchev–Trinajstić information content (AvgIpc) is 3.25. The van der Waals surface area contributed by atoms with Gasteiger partial charge in [0.05, 0.1) is 5.25 Å². The number of likely N-dealkylation sites (tertiary alicyclic amines) is 1. The van der Waals surface area contributed by atoms with Crippen molar-refractivity contribution in [3.05, 3.63) is 41.7 Å². The molecule has 1 fully saturated rings. The fourth-order valence-electron chi connectivity index (χ4n) is 2.53. The average molecular weight is 328 g/mol. The summed E-state index contributed by atoms with van der Waals surface area (Å²) in [6, 6.07) is 10.0. The third-order valence-corrected chi connectivity index (χ3v) is 4.71. The number of hydrogen-bond acceptors (Lipinski definition) is 4. The highest BCUT2D eigenvalue weighted by Crippen LogP contribution is 2.22. The first-order valence-electron chi connectivity index (χ1n) is 7.83. The molecule has 23 heavy (non-hydrogen) atoms. The standard InChI is InChI=1S/C17H20N4OS/c1-13(16(22)21-11-5-6-12-21)23-17-18-15(19-20-17)10-9-14-7-3-2-4-8-14/h2-4,7-10,13H,5-6,11-12H2,1H3,(H,18,19,20)/b10-9+. The molecule has 0 saturated carbocycles. The van der Waals surface area contributed by atoms with E-state index in [1.54, 1.807) is 0 Å². The molecule has 0 bridgehead atoms. The minimum Gasteiger partial charge on any atom is -0.342 e. The van der Waals surface area contributed by atoms with Crippen LogP contribution in [0.15, 0.2) is 35.5 Å². The van der Waals surface area contributed by atoms with E-state index in [1.807, 2.05) is 54.3 Å². The number of aromatic nitrogens is 3. The molecule has 2 aromatic rings. The monoisotopic (exact) mass is 328 g/mol. The highest BCUT2D eigenvalue weighted by atomic mass is 32.2. The number of hydrogen-bond donors (Lipinski definition) is 1. The fraction of sp³-hybridized carbons (Fsp3) is 0.353. The van der Waals surface area contributed by atoms with Crippen LogP contribution in [0.5, 0.6) is 0 Å². The van der Waals surface area contributed by atoms with Gasteiger partial charge in [0.1, 0.15) is 5.82 Å². The van der Waals surface area contributed by atoms with Gasteiger partial charge in [0, 0.05) is 13.1 Å². The first-order chi connectivity index (χ1) is 11.2. The third kappa shape index (κ3) is 4.22. The molecule has 1 amide bonds. The lowest BCUT2D eigenvalue weighted by molar-refractivity contribution is -0.129.